The molecule has 0 aromatic rings. The Morgan fingerprint density at radius 2 is 1.83 bits per heavy atom. The van der Waals surface area contributed by atoms with Gasteiger partial charge in [-0.3, -0.25) is 4.79 Å². The highest BCUT2D eigenvalue weighted by Gasteiger charge is 2.71. The molecule has 4 heteroatoms. The second kappa shape index (κ2) is 4.72. The molecule has 8 atom stereocenters. The monoisotopic (exact) mass is 334 g/mol. The van der Waals surface area contributed by atoms with E-state index in [4.69, 9.17) is 0 Å². The molecule has 4 saturated carbocycles. The summed E-state index contributed by atoms with van der Waals surface area (Å²) in [6.45, 7) is 10.2. The lowest BCUT2D eigenvalue weighted by Gasteiger charge is -2.64. The van der Waals surface area contributed by atoms with Crippen molar-refractivity contribution in [3.05, 3.63) is 12.2 Å². The number of carbonyl (C=O) groups is 1. The van der Waals surface area contributed by atoms with Gasteiger partial charge in [0.25, 0.3) is 0 Å². The maximum atomic E-state index is 13.3. The van der Waals surface area contributed by atoms with Gasteiger partial charge >= 0.3 is 0 Å². The van der Waals surface area contributed by atoms with Crippen LogP contribution in [0.5, 0.6) is 0 Å². The molecule has 4 aliphatic carbocycles. The van der Waals surface area contributed by atoms with Crippen LogP contribution in [0, 0.1) is 34.0 Å². The predicted octanol–water partition coefficient (Wildman–Crippen LogP) is 2.07. The number of aliphatic hydroxyl groups excluding tert-OH is 3. The van der Waals surface area contributed by atoms with Gasteiger partial charge in [0, 0.05) is 23.2 Å². The minimum atomic E-state index is -0.693. The zero-order chi connectivity index (χ0) is 17.7. The standard InChI is InChI=1S/C20H30O4/c1-10-11-7-12(21)16-19(4)6-5-14(23)18(2,3)15(19)13(22)9-20(16,8-11)17(10)24/h11-12,14-17,21,23-24H,1,5-9H2,2-4H3/t11-,12+,14+,15-,16+,17-,19-,20+/m1/s1. The molecule has 2 bridgehead atoms. The van der Waals surface area contributed by atoms with Crippen molar-refractivity contribution in [1.29, 1.82) is 0 Å². The first-order valence-corrected chi connectivity index (χ1v) is 9.31. The van der Waals surface area contributed by atoms with Gasteiger partial charge in [-0.2, -0.15) is 0 Å². The van der Waals surface area contributed by atoms with E-state index in [0.29, 0.717) is 19.3 Å². The molecule has 134 valence electrons. The largest absolute Gasteiger partial charge is 0.393 e. The number of carbonyl (C=O) groups excluding carboxylic acids is 1. The van der Waals surface area contributed by atoms with Crippen LogP contribution in [0.1, 0.15) is 52.9 Å². The van der Waals surface area contributed by atoms with Crippen LogP contribution >= 0.6 is 0 Å². The third kappa shape index (κ3) is 1.72. The van der Waals surface area contributed by atoms with Crippen LogP contribution < -0.4 is 0 Å². The van der Waals surface area contributed by atoms with E-state index in [0.717, 1.165) is 18.4 Å². The summed E-state index contributed by atoms with van der Waals surface area (Å²) in [5.41, 5.74) is -0.627. The highest BCUT2D eigenvalue weighted by molar-refractivity contribution is 5.85. The molecule has 4 fully saturated rings. The average molecular weight is 334 g/mol. The Balaban J connectivity index is 1.87. The normalized spacial score (nSPS) is 55.9. The number of Topliss-reactive ketones (excluding diaryl/α,β-unsaturated/α-hetero) is 1. The first-order chi connectivity index (χ1) is 11.1. The molecular weight excluding hydrogens is 304 g/mol. The Morgan fingerprint density at radius 1 is 1.17 bits per heavy atom. The van der Waals surface area contributed by atoms with E-state index in [9.17, 15) is 20.1 Å². The quantitative estimate of drug-likeness (QED) is 0.593. The van der Waals surface area contributed by atoms with E-state index in [2.05, 4.69) is 13.5 Å². The third-order valence-electron chi connectivity index (χ3n) is 8.33. The van der Waals surface area contributed by atoms with E-state index in [1.54, 1.807) is 0 Å². The molecule has 4 nitrogen and oxygen atoms in total. The second-order valence-electron chi connectivity index (χ2n) is 9.85. The lowest BCUT2D eigenvalue weighted by molar-refractivity contribution is -0.216. The summed E-state index contributed by atoms with van der Waals surface area (Å²) in [4.78, 5) is 13.3. The number of hydrogen-bond donors (Lipinski definition) is 3. The number of rotatable bonds is 0. The summed E-state index contributed by atoms with van der Waals surface area (Å²) >= 11 is 0. The fourth-order valence-electron chi connectivity index (χ4n) is 7.56. The molecular formula is C20H30O4. The summed E-state index contributed by atoms with van der Waals surface area (Å²) < 4.78 is 0. The lowest BCUT2D eigenvalue weighted by Crippen LogP contribution is -2.67. The Kier molecular flexibility index (Phi) is 3.29. The molecule has 0 aromatic heterocycles. The van der Waals surface area contributed by atoms with Gasteiger partial charge in [-0.25, -0.2) is 0 Å². The van der Waals surface area contributed by atoms with E-state index in [1.165, 1.54) is 0 Å². The van der Waals surface area contributed by atoms with Crippen LogP contribution in [-0.4, -0.2) is 39.4 Å². The van der Waals surface area contributed by atoms with Gasteiger partial charge < -0.3 is 15.3 Å². The Labute approximate surface area is 144 Å². The summed E-state index contributed by atoms with van der Waals surface area (Å²) in [7, 11) is 0. The van der Waals surface area contributed by atoms with Gasteiger partial charge in [0.05, 0.1) is 18.3 Å². The number of aliphatic hydroxyl groups is 3. The van der Waals surface area contributed by atoms with E-state index >= 15 is 0 Å². The maximum Gasteiger partial charge on any atom is 0.137 e. The van der Waals surface area contributed by atoms with Crippen molar-refractivity contribution in [3.8, 4) is 0 Å². The predicted molar refractivity (Wildman–Crippen MR) is 90.0 cm³/mol. The molecule has 1 spiro atoms. The van der Waals surface area contributed by atoms with Crippen molar-refractivity contribution in [3.63, 3.8) is 0 Å². The van der Waals surface area contributed by atoms with E-state index in [1.807, 2.05) is 13.8 Å². The van der Waals surface area contributed by atoms with Crippen LogP contribution in [0.2, 0.25) is 0 Å². The van der Waals surface area contributed by atoms with Crippen LogP contribution in [0.25, 0.3) is 0 Å². The van der Waals surface area contributed by atoms with Gasteiger partial charge in [-0.15, -0.1) is 0 Å². The minimum absolute atomic E-state index is 0.107. The van der Waals surface area contributed by atoms with Gasteiger partial charge in [-0.05, 0) is 48.5 Å². The Hall–Kier alpha value is -0.710. The molecule has 3 N–H and O–H groups in total. The highest BCUT2D eigenvalue weighted by atomic mass is 16.3. The van der Waals surface area contributed by atoms with Gasteiger partial charge in [0.15, 0.2) is 0 Å². The molecule has 4 rings (SSSR count). The van der Waals surface area contributed by atoms with Crippen LogP contribution in [0.4, 0.5) is 0 Å². The maximum absolute atomic E-state index is 13.3. The van der Waals surface area contributed by atoms with Gasteiger partial charge in [-0.1, -0.05) is 27.4 Å². The van der Waals surface area contributed by atoms with Crippen LogP contribution in [-0.2, 0) is 4.79 Å². The summed E-state index contributed by atoms with van der Waals surface area (Å²) in [6.07, 6.45) is 1.39. The smallest absolute Gasteiger partial charge is 0.137 e. The Morgan fingerprint density at radius 3 is 2.50 bits per heavy atom. The van der Waals surface area contributed by atoms with Crippen molar-refractivity contribution in [2.75, 3.05) is 0 Å². The van der Waals surface area contributed by atoms with Crippen molar-refractivity contribution >= 4 is 5.78 Å². The molecule has 24 heavy (non-hydrogen) atoms. The molecule has 0 unspecified atom stereocenters. The van der Waals surface area contributed by atoms with Gasteiger partial charge in [0.2, 0.25) is 0 Å². The van der Waals surface area contributed by atoms with Crippen molar-refractivity contribution < 1.29 is 20.1 Å². The van der Waals surface area contributed by atoms with Crippen molar-refractivity contribution in [2.24, 2.45) is 34.0 Å². The molecule has 0 aromatic carbocycles. The molecule has 0 heterocycles. The second-order valence-corrected chi connectivity index (χ2v) is 9.85. The summed E-state index contributed by atoms with van der Waals surface area (Å²) in [5, 5.41) is 32.5. The highest BCUT2D eigenvalue weighted by Crippen LogP contribution is 2.71. The average Bonchev–Trinajstić information content (AvgIpc) is 2.64. The number of fused-ring (bicyclic) bond motifs is 3. The van der Waals surface area contributed by atoms with E-state index in [-0.39, 0.29) is 29.0 Å². The lowest BCUT2D eigenvalue weighted by atomic mass is 9.39. The first-order valence-electron chi connectivity index (χ1n) is 9.31. The zero-order valence-electron chi connectivity index (χ0n) is 15.0. The molecule has 0 aliphatic heterocycles. The molecule has 4 aliphatic rings. The van der Waals surface area contributed by atoms with Crippen molar-refractivity contribution in [2.45, 2.75) is 71.2 Å². The Bertz CT molecular complexity index is 611. The first kappa shape index (κ1) is 16.7. The summed E-state index contributed by atoms with van der Waals surface area (Å²) in [5.74, 6) is -0.0953. The van der Waals surface area contributed by atoms with Gasteiger partial charge in [0.1, 0.15) is 5.78 Å². The fraction of sp³-hybridized carbons (Fsp3) is 0.850. The zero-order valence-corrected chi connectivity index (χ0v) is 15.0. The topological polar surface area (TPSA) is 77.8 Å². The minimum Gasteiger partial charge on any atom is -0.393 e. The van der Waals surface area contributed by atoms with Crippen LogP contribution in [0.3, 0.4) is 0 Å². The van der Waals surface area contributed by atoms with E-state index < -0.39 is 29.1 Å². The van der Waals surface area contributed by atoms with Crippen LogP contribution in [0.15, 0.2) is 12.2 Å². The molecule has 0 saturated heterocycles. The number of ketones is 1. The molecule has 0 radical (unpaired) electrons. The summed E-state index contributed by atoms with van der Waals surface area (Å²) in [6, 6.07) is 0. The number of hydrogen-bond acceptors (Lipinski definition) is 4. The van der Waals surface area contributed by atoms with Crippen molar-refractivity contribution in [1.82, 2.24) is 0 Å². The third-order valence-corrected chi connectivity index (χ3v) is 8.33. The SMILES string of the molecule is C=C1[C@@H]2C[C@H](O)[C@H]3[C@]4(C)CC[C@H](O)C(C)(C)[C@H]4C(=O)C[C@]3(C2)[C@@H]1O. The fourth-order valence-corrected chi connectivity index (χ4v) is 7.56. The molecule has 0 amide bonds.